The minimum Gasteiger partial charge on any atom is -0.353 e. The van der Waals surface area contributed by atoms with E-state index in [-0.39, 0.29) is 30.3 Å². The molecule has 1 unspecified atom stereocenters. The van der Waals surface area contributed by atoms with E-state index in [9.17, 15) is 19.2 Å². The Balaban J connectivity index is 1.63. The van der Waals surface area contributed by atoms with Gasteiger partial charge in [-0.05, 0) is 37.8 Å². The van der Waals surface area contributed by atoms with E-state index in [1.807, 2.05) is 6.92 Å². The predicted molar refractivity (Wildman–Crippen MR) is 111 cm³/mol. The number of carbonyl (C=O) groups is 2. The van der Waals surface area contributed by atoms with Crippen LogP contribution in [-0.4, -0.2) is 45.6 Å². The van der Waals surface area contributed by atoms with Crippen molar-refractivity contribution < 1.29 is 9.59 Å². The van der Waals surface area contributed by atoms with E-state index in [0.717, 1.165) is 4.68 Å². The van der Waals surface area contributed by atoms with E-state index >= 15 is 0 Å². The molecule has 1 aliphatic rings. The van der Waals surface area contributed by atoms with Crippen LogP contribution in [0.1, 0.15) is 33.6 Å². The molecule has 29 heavy (non-hydrogen) atoms. The van der Waals surface area contributed by atoms with Crippen LogP contribution in [0.15, 0.2) is 33.9 Å². The number of piperidine rings is 1. The Labute approximate surface area is 168 Å². The molecule has 156 valence electrons. The van der Waals surface area contributed by atoms with Crippen molar-refractivity contribution in [2.24, 2.45) is 11.8 Å². The van der Waals surface area contributed by atoms with Crippen LogP contribution in [0.25, 0.3) is 10.8 Å². The molecule has 0 saturated carbocycles. The van der Waals surface area contributed by atoms with Gasteiger partial charge < -0.3 is 10.2 Å². The van der Waals surface area contributed by atoms with Crippen molar-refractivity contribution in [1.29, 1.82) is 0 Å². The summed E-state index contributed by atoms with van der Waals surface area (Å²) in [5.74, 6) is 0.0484. The minimum atomic E-state index is -0.400. The van der Waals surface area contributed by atoms with Gasteiger partial charge in [0.2, 0.25) is 11.8 Å². The zero-order chi connectivity index (χ0) is 21.1. The number of amides is 2. The summed E-state index contributed by atoms with van der Waals surface area (Å²) >= 11 is 0. The van der Waals surface area contributed by atoms with E-state index in [1.165, 1.54) is 0 Å². The molecule has 0 aliphatic carbocycles. The third-order valence-electron chi connectivity index (χ3n) is 5.77. The second kappa shape index (κ2) is 8.63. The highest BCUT2D eigenvalue weighted by Gasteiger charge is 2.28. The molecule has 0 spiro atoms. The van der Waals surface area contributed by atoms with Crippen LogP contribution < -0.4 is 16.4 Å². The van der Waals surface area contributed by atoms with Crippen LogP contribution in [-0.2, 0) is 16.1 Å². The van der Waals surface area contributed by atoms with Crippen molar-refractivity contribution in [1.82, 2.24) is 20.0 Å². The Kier molecular flexibility index (Phi) is 6.20. The number of benzene rings is 1. The Morgan fingerprint density at radius 2 is 1.72 bits per heavy atom. The molecule has 1 saturated heterocycles. The Morgan fingerprint density at radius 1 is 1.10 bits per heavy atom. The number of aromatic nitrogens is 2. The molecule has 8 nitrogen and oxygen atoms in total. The first-order valence-electron chi connectivity index (χ1n) is 10.1. The molecule has 2 N–H and O–H groups in total. The summed E-state index contributed by atoms with van der Waals surface area (Å²) in [6.07, 6.45) is 1.18. The number of fused-ring (bicyclic) bond motifs is 1. The summed E-state index contributed by atoms with van der Waals surface area (Å²) in [7, 11) is 0. The van der Waals surface area contributed by atoms with Gasteiger partial charge in [0.15, 0.2) is 0 Å². The van der Waals surface area contributed by atoms with Crippen LogP contribution >= 0.6 is 0 Å². The number of aromatic amines is 1. The molecule has 1 aromatic carbocycles. The monoisotopic (exact) mass is 400 g/mol. The predicted octanol–water partition coefficient (Wildman–Crippen LogP) is 1.09. The second-order valence-corrected chi connectivity index (χ2v) is 8.07. The van der Waals surface area contributed by atoms with E-state index in [4.69, 9.17) is 0 Å². The summed E-state index contributed by atoms with van der Waals surface area (Å²) in [5, 5.41) is 6.12. The topological polar surface area (TPSA) is 104 Å². The van der Waals surface area contributed by atoms with Crippen LogP contribution in [0.5, 0.6) is 0 Å². The maximum atomic E-state index is 12.7. The molecular weight excluding hydrogens is 372 g/mol. The number of hydrogen-bond acceptors (Lipinski definition) is 4. The van der Waals surface area contributed by atoms with Crippen molar-refractivity contribution in [3.63, 3.8) is 0 Å². The zero-order valence-corrected chi connectivity index (χ0v) is 17.1. The molecular formula is C21H28N4O4. The van der Waals surface area contributed by atoms with Gasteiger partial charge in [-0.2, -0.15) is 0 Å². The van der Waals surface area contributed by atoms with Gasteiger partial charge in [0.05, 0.1) is 10.8 Å². The fourth-order valence-electron chi connectivity index (χ4n) is 3.49. The first-order chi connectivity index (χ1) is 13.8. The molecule has 1 aromatic heterocycles. The van der Waals surface area contributed by atoms with Gasteiger partial charge in [-0.3, -0.25) is 24.3 Å². The Hall–Kier alpha value is -2.90. The smallest absolute Gasteiger partial charge is 0.273 e. The Morgan fingerprint density at radius 3 is 2.34 bits per heavy atom. The van der Waals surface area contributed by atoms with E-state index < -0.39 is 11.1 Å². The zero-order valence-electron chi connectivity index (χ0n) is 17.1. The summed E-state index contributed by atoms with van der Waals surface area (Å²) in [6.45, 7) is 6.80. The average Bonchev–Trinajstić information content (AvgIpc) is 2.71. The first kappa shape index (κ1) is 20.8. The van der Waals surface area contributed by atoms with Crippen LogP contribution in [0.2, 0.25) is 0 Å². The molecule has 0 radical (unpaired) electrons. The molecule has 1 fully saturated rings. The van der Waals surface area contributed by atoms with Crippen molar-refractivity contribution in [3.8, 4) is 0 Å². The number of nitrogens with zero attached hydrogens (tertiary/aromatic N) is 2. The highest BCUT2D eigenvalue weighted by Crippen LogP contribution is 2.18. The van der Waals surface area contributed by atoms with Crippen LogP contribution in [0, 0.1) is 11.8 Å². The van der Waals surface area contributed by atoms with Gasteiger partial charge in [-0.1, -0.05) is 26.0 Å². The lowest BCUT2D eigenvalue weighted by Crippen LogP contribution is -2.47. The molecule has 2 aromatic rings. The van der Waals surface area contributed by atoms with Crippen molar-refractivity contribution in [2.75, 3.05) is 13.1 Å². The summed E-state index contributed by atoms with van der Waals surface area (Å²) in [4.78, 5) is 51.4. The minimum absolute atomic E-state index is 0.0355. The van der Waals surface area contributed by atoms with E-state index in [0.29, 0.717) is 42.6 Å². The lowest BCUT2D eigenvalue weighted by molar-refractivity contribution is -0.136. The standard InChI is InChI=1S/C21H28N4O4/c1-13(2)14(3)22-19(27)15-8-10-24(11-9-15)18(26)12-25-21(29)17-7-5-4-6-16(17)20(28)23-25/h4-7,13-15H,8-12H2,1-3H3,(H,22,27)(H,23,28). The summed E-state index contributed by atoms with van der Waals surface area (Å²) in [5.41, 5.74) is -0.798. The number of H-pyrrole nitrogens is 1. The maximum Gasteiger partial charge on any atom is 0.273 e. The highest BCUT2D eigenvalue weighted by molar-refractivity contribution is 5.82. The third-order valence-corrected chi connectivity index (χ3v) is 5.77. The molecule has 1 aliphatic heterocycles. The van der Waals surface area contributed by atoms with Gasteiger partial charge in [0, 0.05) is 25.0 Å². The normalized spacial score (nSPS) is 16.2. The summed E-state index contributed by atoms with van der Waals surface area (Å²) < 4.78 is 1.07. The summed E-state index contributed by atoms with van der Waals surface area (Å²) in [6, 6.07) is 6.65. The van der Waals surface area contributed by atoms with Gasteiger partial charge in [0.1, 0.15) is 6.54 Å². The largest absolute Gasteiger partial charge is 0.353 e. The number of hydrogen-bond donors (Lipinski definition) is 2. The SMILES string of the molecule is CC(C)C(C)NC(=O)C1CCN(C(=O)Cn2[nH]c(=O)c3ccccc3c2=O)CC1. The van der Waals surface area contributed by atoms with Crippen molar-refractivity contribution in [3.05, 3.63) is 45.0 Å². The second-order valence-electron chi connectivity index (χ2n) is 8.07. The quantitative estimate of drug-likeness (QED) is 0.784. The first-order valence-corrected chi connectivity index (χ1v) is 10.1. The third kappa shape index (κ3) is 4.58. The van der Waals surface area contributed by atoms with Crippen LogP contribution in [0.4, 0.5) is 0 Å². The number of nitrogens with one attached hydrogen (secondary N) is 2. The number of carbonyl (C=O) groups excluding carboxylic acids is 2. The van der Waals surface area contributed by atoms with Crippen molar-refractivity contribution >= 4 is 22.6 Å². The molecule has 8 heteroatoms. The number of rotatable bonds is 5. The van der Waals surface area contributed by atoms with Crippen LogP contribution in [0.3, 0.4) is 0 Å². The fraction of sp³-hybridized carbons (Fsp3) is 0.524. The molecule has 1 atom stereocenters. The Bertz CT molecular complexity index is 1020. The maximum absolute atomic E-state index is 12.7. The van der Waals surface area contributed by atoms with E-state index in [1.54, 1.807) is 29.2 Å². The van der Waals surface area contributed by atoms with Gasteiger partial charge in [0.25, 0.3) is 11.1 Å². The van der Waals surface area contributed by atoms with Gasteiger partial charge in [-0.15, -0.1) is 0 Å². The van der Waals surface area contributed by atoms with Crippen molar-refractivity contribution in [2.45, 2.75) is 46.2 Å². The van der Waals surface area contributed by atoms with Gasteiger partial charge in [-0.25, -0.2) is 4.68 Å². The average molecular weight is 400 g/mol. The highest BCUT2D eigenvalue weighted by atomic mass is 16.2. The number of likely N-dealkylation sites (tertiary alicyclic amines) is 1. The van der Waals surface area contributed by atoms with E-state index in [2.05, 4.69) is 24.3 Å². The molecule has 3 rings (SSSR count). The lowest BCUT2D eigenvalue weighted by Gasteiger charge is -2.32. The lowest BCUT2D eigenvalue weighted by atomic mass is 9.94. The molecule has 2 amide bonds. The van der Waals surface area contributed by atoms with Gasteiger partial charge >= 0.3 is 0 Å². The molecule has 0 bridgehead atoms. The molecule has 2 heterocycles. The fourth-order valence-corrected chi connectivity index (χ4v) is 3.49.